The summed E-state index contributed by atoms with van der Waals surface area (Å²) in [6.07, 6.45) is 1.92. The molecule has 0 aliphatic carbocycles. The van der Waals surface area contributed by atoms with E-state index in [4.69, 9.17) is 25.7 Å². The zero-order chi connectivity index (χ0) is 21.2. The van der Waals surface area contributed by atoms with E-state index < -0.39 is 0 Å². The van der Waals surface area contributed by atoms with E-state index in [-0.39, 0.29) is 6.61 Å². The molecule has 2 aromatic heterocycles. The predicted molar refractivity (Wildman–Crippen MR) is 121 cm³/mol. The van der Waals surface area contributed by atoms with E-state index in [1.54, 1.807) is 35.6 Å². The van der Waals surface area contributed by atoms with Gasteiger partial charge in [0.15, 0.2) is 6.61 Å². The molecule has 1 fully saturated rings. The van der Waals surface area contributed by atoms with Gasteiger partial charge in [-0.25, -0.2) is 4.98 Å². The lowest BCUT2D eigenvalue weighted by molar-refractivity contribution is 0.263. The van der Waals surface area contributed by atoms with Crippen LogP contribution in [0.2, 0.25) is 5.02 Å². The molecule has 0 bridgehead atoms. The van der Waals surface area contributed by atoms with Gasteiger partial charge in [-0.1, -0.05) is 23.7 Å². The summed E-state index contributed by atoms with van der Waals surface area (Å²) >= 11 is 7.67. The highest BCUT2D eigenvalue weighted by Crippen LogP contribution is 2.36. The van der Waals surface area contributed by atoms with E-state index in [0.29, 0.717) is 34.2 Å². The minimum Gasteiger partial charge on any atom is -0.484 e. The fourth-order valence-electron chi connectivity index (χ4n) is 3.77. The van der Waals surface area contributed by atoms with Crippen molar-refractivity contribution in [3.05, 3.63) is 70.1 Å². The molecule has 6 nitrogen and oxygen atoms in total. The van der Waals surface area contributed by atoms with Crippen molar-refractivity contribution < 1.29 is 9.15 Å². The first kappa shape index (κ1) is 19.9. The number of ether oxygens (including phenoxy) is 1. The summed E-state index contributed by atoms with van der Waals surface area (Å²) in [5.41, 5.74) is 1.37. The van der Waals surface area contributed by atoms with Crippen LogP contribution >= 0.6 is 22.9 Å². The summed E-state index contributed by atoms with van der Waals surface area (Å²) in [6, 6.07) is 17.5. The zero-order valence-electron chi connectivity index (χ0n) is 16.6. The monoisotopic (exact) mass is 450 g/mol. The maximum absolute atomic E-state index is 9.53. The topological polar surface area (TPSA) is 75.2 Å². The third kappa shape index (κ3) is 4.22. The second-order valence-corrected chi connectivity index (χ2v) is 8.90. The second-order valence-electron chi connectivity index (χ2n) is 7.40. The van der Waals surface area contributed by atoms with E-state index in [0.717, 1.165) is 31.4 Å². The molecule has 1 saturated heterocycles. The molecule has 0 N–H and O–H groups in total. The number of rotatable bonds is 5. The van der Waals surface area contributed by atoms with Gasteiger partial charge in [-0.3, -0.25) is 0 Å². The van der Waals surface area contributed by atoms with Crippen LogP contribution in [0.3, 0.4) is 0 Å². The van der Waals surface area contributed by atoms with Gasteiger partial charge in [0, 0.05) is 24.0 Å². The van der Waals surface area contributed by atoms with Crippen molar-refractivity contribution in [2.24, 2.45) is 0 Å². The molecule has 0 amide bonds. The summed E-state index contributed by atoms with van der Waals surface area (Å²) < 4.78 is 12.8. The van der Waals surface area contributed by atoms with E-state index in [9.17, 15) is 5.26 Å². The number of hydrogen-bond donors (Lipinski definition) is 0. The van der Waals surface area contributed by atoms with Crippen molar-refractivity contribution in [2.45, 2.75) is 25.4 Å². The van der Waals surface area contributed by atoms with Gasteiger partial charge in [-0.15, -0.1) is 11.3 Å². The number of aromatic nitrogens is 2. The number of hydrogen-bond acceptors (Lipinski definition) is 7. The first-order valence-corrected chi connectivity index (χ1v) is 11.3. The fourth-order valence-corrected chi connectivity index (χ4v) is 5.04. The molecule has 0 spiro atoms. The Labute approximate surface area is 188 Å². The van der Waals surface area contributed by atoms with Crippen LogP contribution < -0.4 is 9.64 Å². The normalized spacial score (nSPS) is 14.6. The van der Waals surface area contributed by atoms with Crippen LogP contribution in [-0.4, -0.2) is 23.1 Å². The number of thiazole rings is 1. The summed E-state index contributed by atoms with van der Waals surface area (Å²) in [5.74, 6) is 2.00. The average molecular weight is 451 g/mol. The van der Waals surface area contributed by atoms with Gasteiger partial charge in [0.25, 0.3) is 0 Å². The number of piperidine rings is 1. The van der Waals surface area contributed by atoms with Crippen molar-refractivity contribution in [1.82, 2.24) is 9.97 Å². The molecule has 5 rings (SSSR count). The number of benzene rings is 2. The Morgan fingerprint density at radius 2 is 1.90 bits per heavy atom. The molecule has 156 valence electrons. The Bertz CT molecular complexity index is 1200. The first-order valence-electron chi connectivity index (χ1n) is 10.1. The molecule has 0 saturated carbocycles. The maximum Gasteiger partial charge on any atom is 0.236 e. The Kier molecular flexibility index (Phi) is 5.49. The van der Waals surface area contributed by atoms with Crippen molar-refractivity contribution >= 4 is 39.0 Å². The summed E-state index contributed by atoms with van der Waals surface area (Å²) in [4.78, 5) is 11.2. The smallest absolute Gasteiger partial charge is 0.236 e. The van der Waals surface area contributed by atoms with Crippen molar-refractivity contribution in [1.29, 1.82) is 5.26 Å². The molecule has 2 aromatic carbocycles. The standard InChI is InChI=1S/C23H19ClN4O2S/c24-16-5-7-17(8-6-16)29-14-21-26-19(13-25)23(30-21)28-11-9-15(10-12-28)22-27-18-3-1-2-4-20(18)31-22/h1-8,15H,9-12,14H2. The molecule has 8 heteroatoms. The highest BCUT2D eigenvalue weighted by molar-refractivity contribution is 7.18. The molecular weight excluding hydrogens is 432 g/mol. The molecule has 1 aliphatic heterocycles. The number of anilines is 1. The minimum absolute atomic E-state index is 0.151. The summed E-state index contributed by atoms with van der Waals surface area (Å²) in [7, 11) is 0. The SMILES string of the molecule is N#Cc1nc(COc2ccc(Cl)cc2)oc1N1CCC(c2nc3ccccc3s2)CC1. The summed E-state index contributed by atoms with van der Waals surface area (Å²) in [6.45, 7) is 1.74. The number of nitrogens with zero attached hydrogens (tertiary/aromatic N) is 4. The quantitative estimate of drug-likeness (QED) is 0.384. The van der Waals surface area contributed by atoms with E-state index >= 15 is 0 Å². The van der Waals surface area contributed by atoms with Gasteiger partial charge in [0.05, 0.1) is 15.2 Å². The predicted octanol–water partition coefficient (Wildman–Crippen LogP) is 5.77. The van der Waals surface area contributed by atoms with Gasteiger partial charge < -0.3 is 14.1 Å². The third-order valence-electron chi connectivity index (χ3n) is 5.38. The first-order chi connectivity index (χ1) is 15.2. The molecule has 31 heavy (non-hydrogen) atoms. The van der Waals surface area contributed by atoms with E-state index in [1.807, 2.05) is 6.07 Å². The largest absolute Gasteiger partial charge is 0.484 e. The third-order valence-corrected chi connectivity index (χ3v) is 6.83. The molecular formula is C23H19ClN4O2S. The van der Waals surface area contributed by atoms with Crippen LogP contribution in [0.15, 0.2) is 52.9 Å². The molecule has 0 unspecified atom stereocenters. The van der Waals surface area contributed by atoms with E-state index in [2.05, 4.69) is 34.2 Å². The molecule has 0 radical (unpaired) electrons. The number of oxazole rings is 1. The van der Waals surface area contributed by atoms with Crippen molar-refractivity contribution in [2.75, 3.05) is 18.0 Å². The lowest BCUT2D eigenvalue weighted by atomic mass is 9.97. The second kappa shape index (κ2) is 8.58. The maximum atomic E-state index is 9.53. The van der Waals surface area contributed by atoms with Crippen LogP contribution in [0.25, 0.3) is 10.2 Å². The molecule has 4 aromatic rings. The summed E-state index contributed by atoms with van der Waals surface area (Å²) in [5, 5.41) is 11.4. The lowest BCUT2D eigenvalue weighted by Crippen LogP contribution is -2.33. The van der Waals surface area contributed by atoms with Gasteiger partial charge in [-0.2, -0.15) is 10.2 Å². The van der Waals surface area contributed by atoms with Crippen LogP contribution in [0.4, 0.5) is 5.88 Å². The lowest BCUT2D eigenvalue weighted by Gasteiger charge is -2.30. The number of fused-ring (bicyclic) bond motifs is 1. The van der Waals surface area contributed by atoms with Crippen LogP contribution in [0.5, 0.6) is 5.75 Å². The Balaban J connectivity index is 1.25. The Hall–Kier alpha value is -3.08. The van der Waals surface area contributed by atoms with Gasteiger partial charge in [0.2, 0.25) is 17.5 Å². The highest BCUT2D eigenvalue weighted by Gasteiger charge is 2.27. The number of para-hydroxylation sites is 1. The zero-order valence-corrected chi connectivity index (χ0v) is 18.2. The number of halogens is 1. The van der Waals surface area contributed by atoms with Crippen molar-refractivity contribution in [3.63, 3.8) is 0 Å². The van der Waals surface area contributed by atoms with Crippen LogP contribution in [-0.2, 0) is 6.61 Å². The van der Waals surface area contributed by atoms with Gasteiger partial charge in [0.1, 0.15) is 11.8 Å². The Morgan fingerprint density at radius 1 is 1.13 bits per heavy atom. The molecule has 0 atom stereocenters. The molecule has 1 aliphatic rings. The van der Waals surface area contributed by atoms with Gasteiger partial charge >= 0.3 is 0 Å². The van der Waals surface area contributed by atoms with Crippen LogP contribution in [0, 0.1) is 11.3 Å². The fraction of sp³-hybridized carbons (Fsp3) is 0.261. The van der Waals surface area contributed by atoms with Crippen LogP contribution in [0.1, 0.15) is 35.4 Å². The Morgan fingerprint density at radius 3 is 2.65 bits per heavy atom. The number of nitriles is 1. The van der Waals surface area contributed by atoms with E-state index in [1.165, 1.54) is 9.71 Å². The highest BCUT2D eigenvalue weighted by atomic mass is 35.5. The van der Waals surface area contributed by atoms with Gasteiger partial charge in [-0.05, 0) is 49.2 Å². The van der Waals surface area contributed by atoms with Crippen molar-refractivity contribution in [3.8, 4) is 11.8 Å². The minimum atomic E-state index is 0.151. The molecule has 3 heterocycles. The average Bonchev–Trinajstić information content (AvgIpc) is 3.43.